The number of nitro groups is 1. The van der Waals surface area contributed by atoms with E-state index in [1.165, 1.54) is 5.56 Å². The molecule has 0 radical (unpaired) electrons. The van der Waals surface area contributed by atoms with E-state index in [1.54, 1.807) is 6.20 Å². The van der Waals surface area contributed by atoms with Crippen LogP contribution in [0.4, 0.5) is 0 Å². The number of hydrogen-bond acceptors (Lipinski definition) is 6. The van der Waals surface area contributed by atoms with Crippen LogP contribution in [0.5, 0.6) is 0 Å². The summed E-state index contributed by atoms with van der Waals surface area (Å²) < 4.78 is 2.08. The van der Waals surface area contributed by atoms with Gasteiger partial charge in [-0.3, -0.25) is 20.3 Å². The fourth-order valence-corrected chi connectivity index (χ4v) is 4.38. The molecular weight excluding hydrogens is 372 g/mol. The van der Waals surface area contributed by atoms with Crippen molar-refractivity contribution in [2.24, 2.45) is 5.92 Å². The molecule has 1 aliphatic heterocycles. The summed E-state index contributed by atoms with van der Waals surface area (Å²) >= 11 is 0. The highest BCUT2D eigenvalue weighted by Gasteiger charge is 2.46. The third-order valence-corrected chi connectivity index (χ3v) is 5.95. The number of amides is 1. The summed E-state index contributed by atoms with van der Waals surface area (Å²) in [4.78, 5) is 28.0. The number of benzene rings is 1. The van der Waals surface area contributed by atoms with Gasteiger partial charge in [-0.15, -0.1) is 0 Å². The molecule has 1 amide bonds. The molecule has 154 valence electrons. The fraction of sp³-hybridized carbons (Fsp3) is 0.500. The van der Waals surface area contributed by atoms with Crippen molar-refractivity contribution in [3.8, 4) is 0 Å². The Morgan fingerprint density at radius 1 is 1.28 bits per heavy atom. The lowest BCUT2D eigenvalue weighted by Gasteiger charge is -2.28. The lowest BCUT2D eigenvalue weighted by Crippen LogP contribution is -2.47. The number of nitrogens with one attached hydrogen (secondary N) is 3. The Kier molecular flexibility index (Phi) is 5.86. The number of rotatable bonds is 7. The zero-order chi connectivity index (χ0) is 20.2. The van der Waals surface area contributed by atoms with Gasteiger partial charge < -0.3 is 9.88 Å². The van der Waals surface area contributed by atoms with E-state index in [2.05, 4.69) is 37.9 Å². The maximum Gasteiger partial charge on any atom is 0.238 e. The molecule has 4 rings (SSSR count). The van der Waals surface area contributed by atoms with Crippen molar-refractivity contribution in [2.75, 3.05) is 6.54 Å². The standard InChI is InChI=1S/C20H26N6O3/c27-20(19-16-12-15(26(28)29)6-7-17(16)23-24-19)22-9-8-18-21-10-11-25(18)13-14-4-2-1-3-5-14/h1-5,10-11,15-17,19,23-24H,6-9,12-13H2,(H,22,27). The van der Waals surface area contributed by atoms with Gasteiger partial charge in [-0.1, -0.05) is 30.3 Å². The van der Waals surface area contributed by atoms with Crippen LogP contribution in [0.15, 0.2) is 42.7 Å². The lowest BCUT2D eigenvalue weighted by atomic mass is 9.79. The number of carbonyl (C=O) groups is 1. The monoisotopic (exact) mass is 398 g/mol. The van der Waals surface area contributed by atoms with Crippen molar-refractivity contribution in [1.82, 2.24) is 25.7 Å². The highest BCUT2D eigenvalue weighted by molar-refractivity contribution is 5.82. The Morgan fingerprint density at radius 3 is 2.90 bits per heavy atom. The van der Waals surface area contributed by atoms with Crippen LogP contribution in [0.25, 0.3) is 0 Å². The molecule has 2 aliphatic rings. The molecule has 2 aromatic rings. The highest BCUT2D eigenvalue weighted by Crippen LogP contribution is 2.31. The molecule has 4 atom stereocenters. The van der Waals surface area contributed by atoms with Crippen LogP contribution >= 0.6 is 0 Å². The normalized spacial score (nSPS) is 26.1. The molecule has 3 N–H and O–H groups in total. The summed E-state index contributed by atoms with van der Waals surface area (Å²) in [5, 5.41) is 14.1. The van der Waals surface area contributed by atoms with Gasteiger partial charge >= 0.3 is 0 Å². The molecule has 1 aromatic carbocycles. The van der Waals surface area contributed by atoms with Crippen molar-refractivity contribution in [3.05, 3.63) is 64.2 Å². The number of imidazole rings is 1. The van der Waals surface area contributed by atoms with E-state index in [9.17, 15) is 14.9 Å². The maximum atomic E-state index is 12.7. The van der Waals surface area contributed by atoms with E-state index in [4.69, 9.17) is 0 Å². The van der Waals surface area contributed by atoms with E-state index in [-0.39, 0.29) is 22.8 Å². The van der Waals surface area contributed by atoms with Crippen LogP contribution in [-0.4, -0.2) is 45.1 Å². The molecule has 0 spiro atoms. The minimum Gasteiger partial charge on any atom is -0.354 e. The Bertz CT molecular complexity index is 855. The number of hydrogen-bond donors (Lipinski definition) is 3. The van der Waals surface area contributed by atoms with Gasteiger partial charge in [0.1, 0.15) is 11.9 Å². The SMILES string of the molecule is O=C(NCCc1nccn1Cc1ccccc1)C1NNC2CCC([N+](=O)[O-])CC21. The molecule has 4 unspecified atom stereocenters. The Hall–Kier alpha value is -2.78. The van der Waals surface area contributed by atoms with Gasteiger partial charge in [0.25, 0.3) is 0 Å². The molecule has 9 heteroatoms. The largest absolute Gasteiger partial charge is 0.354 e. The second kappa shape index (κ2) is 8.71. The van der Waals surface area contributed by atoms with Gasteiger partial charge in [-0.05, 0) is 12.0 Å². The number of nitrogens with zero attached hydrogens (tertiary/aromatic N) is 3. The third-order valence-electron chi connectivity index (χ3n) is 5.95. The first-order chi connectivity index (χ1) is 14.1. The van der Waals surface area contributed by atoms with Gasteiger partial charge in [0.05, 0.1) is 0 Å². The van der Waals surface area contributed by atoms with Crippen LogP contribution in [0.3, 0.4) is 0 Å². The van der Waals surface area contributed by atoms with Gasteiger partial charge in [-0.25, -0.2) is 10.4 Å². The first kappa shape index (κ1) is 19.5. The number of aromatic nitrogens is 2. The molecule has 9 nitrogen and oxygen atoms in total. The number of hydrazine groups is 1. The second-order valence-electron chi connectivity index (χ2n) is 7.79. The van der Waals surface area contributed by atoms with E-state index in [0.717, 1.165) is 12.4 Å². The van der Waals surface area contributed by atoms with E-state index in [0.29, 0.717) is 32.2 Å². The summed E-state index contributed by atoms with van der Waals surface area (Å²) in [6.45, 7) is 1.21. The summed E-state index contributed by atoms with van der Waals surface area (Å²) in [6.07, 6.45) is 6.03. The predicted octanol–water partition coefficient (Wildman–Crippen LogP) is 0.880. The summed E-state index contributed by atoms with van der Waals surface area (Å²) in [5.41, 5.74) is 7.37. The molecule has 1 saturated carbocycles. The second-order valence-corrected chi connectivity index (χ2v) is 7.79. The Balaban J connectivity index is 1.30. The molecule has 2 heterocycles. The Labute approximate surface area is 169 Å². The highest BCUT2D eigenvalue weighted by atomic mass is 16.6. The molecular formula is C20H26N6O3. The molecule has 29 heavy (non-hydrogen) atoms. The zero-order valence-corrected chi connectivity index (χ0v) is 16.2. The van der Waals surface area contributed by atoms with Crippen LogP contribution in [0.2, 0.25) is 0 Å². The van der Waals surface area contributed by atoms with Crippen molar-refractivity contribution in [3.63, 3.8) is 0 Å². The molecule has 2 fully saturated rings. The maximum absolute atomic E-state index is 12.7. The Morgan fingerprint density at radius 2 is 2.10 bits per heavy atom. The lowest BCUT2D eigenvalue weighted by molar-refractivity contribution is -0.528. The summed E-state index contributed by atoms with van der Waals surface area (Å²) in [6, 6.07) is 9.28. The zero-order valence-electron chi connectivity index (χ0n) is 16.2. The third kappa shape index (κ3) is 4.46. The summed E-state index contributed by atoms with van der Waals surface area (Å²) in [7, 11) is 0. The van der Waals surface area contributed by atoms with Crippen molar-refractivity contribution in [2.45, 2.75) is 50.4 Å². The van der Waals surface area contributed by atoms with E-state index in [1.807, 2.05) is 24.4 Å². The number of fused-ring (bicyclic) bond motifs is 1. The average Bonchev–Trinajstić information content (AvgIpc) is 3.35. The van der Waals surface area contributed by atoms with Crippen LogP contribution in [0, 0.1) is 16.0 Å². The molecule has 0 bridgehead atoms. The smallest absolute Gasteiger partial charge is 0.238 e. The molecule has 1 saturated heterocycles. The van der Waals surface area contributed by atoms with Crippen LogP contribution in [0.1, 0.15) is 30.7 Å². The van der Waals surface area contributed by atoms with Crippen LogP contribution < -0.4 is 16.2 Å². The average molecular weight is 398 g/mol. The predicted molar refractivity (Wildman–Crippen MR) is 106 cm³/mol. The number of carbonyl (C=O) groups excluding carboxylic acids is 1. The van der Waals surface area contributed by atoms with E-state index >= 15 is 0 Å². The van der Waals surface area contributed by atoms with Crippen molar-refractivity contribution < 1.29 is 9.72 Å². The van der Waals surface area contributed by atoms with Gasteiger partial charge in [0.2, 0.25) is 11.9 Å². The minimum atomic E-state index is -0.557. The quantitative estimate of drug-likeness (QED) is 0.471. The topological polar surface area (TPSA) is 114 Å². The van der Waals surface area contributed by atoms with E-state index < -0.39 is 12.1 Å². The van der Waals surface area contributed by atoms with Crippen molar-refractivity contribution >= 4 is 5.91 Å². The summed E-state index contributed by atoms with van der Waals surface area (Å²) in [5.74, 6) is 0.741. The van der Waals surface area contributed by atoms with Crippen LogP contribution in [-0.2, 0) is 17.8 Å². The molecule has 1 aliphatic carbocycles. The van der Waals surface area contributed by atoms with Gasteiger partial charge in [-0.2, -0.15) is 0 Å². The molecule has 1 aromatic heterocycles. The van der Waals surface area contributed by atoms with Gasteiger partial charge in [0, 0.05) is 61.6 Å². The minimum absolute atomic E-state index is 0.0563. The first-order valence-electron chi connectivity index (χ1n) is 10.1. The van der Waals surface area contributed by atoms with Crippen molar-refractivity contribution in [1.29, 1.82) is 0 Å². The first-order valence-corrected chi connectivity index (χ1v) is 10.1. The fourth-order valence-electron chi connectivity index (χ4n) is 4.38. The van der Waals surface area contributed by atoms with Gasteiger partial charge in [0.15, 0.2) is 0 Å².